The smallest absolute Gasteiger partial charge is 0.414 e. The number of likely N-dealkylation sites (tertiary alicyclic amines) is 1. The Bertz CT molecular complexity index is 523. The first-order valence-electron chi connectivity index (χ1n) is 7.44. The number of piperidine rings is 1. The maximum atomic E-state index is 12.5. The number of aliphatic hydroxyl groups excluding tert-OH is 1. The summed E-state index contributed by atoms with van der Waals surface area (Å²) in [6.45, 7) is 5.38. The van der Waals surface area contributed by atoms with Crippen molar-refractivity contribution in [3.8, 4) is 5.75 Å². The van der Waals surface area contributed by atoms with Gasteiger partial charge in [-0.25, -0.2) is 0 Å². The summed E-state index contributed by atoms with van der Waals surface area (Å²) in [6, 6.07) is 3.63. The maximum absolute atomic E-state index is 12.5. The quantitative estimate of drug-likeness (QED) is 0.900. The molecular formula is C16H22F3NO2. The summed E-state index contributed by atoms with van der Waals surface area (Å²) in [7, 11) is 0. The van der Waals surface area contributed by atoms with Gasteiger partial charge in [0.05, 0.1) is 0 Å². The molecule has 1 atom stereocenters. The van der Waals surface area contributed by atoms with Crippen LogP contribution in [0.4, 0.5) is 13.2 Å². The number of hydrogen-bond donors (Lipinski definition) is 2. The van der Waals surface area contributed by atoms with Crippen LogP contribution in [0.2, 0.25) is 0 Å². The summed E-state index contributed by atoms with van der Waals surface area (Å²) in [4.78, 5) is 2.02. The Morgan fingerprint density at radius 2 is 1.73 bits per heavy atom. The minimum absolute atomic E-state index is 0.223. The van der Waals surface area contributed by atoms with Crippen molar-refractivity contribution in [2.24, 2.45) is 5.92 Å². The molecule has 1 heterocycles. The fourth-order valence-corrected chi connectivity index (χ4v) is 2.92. The fourth-order valence-electron chi connectivity index (χ4n) is 2.92. The van der Waals surface area contributed by atoms with Gasteiger partial charge >= 0.3 is 6.18 Å². The number of rotatable bonds is 3. The van der Waals surface area contributed by atoms with Gasteiger partial charge in [0.15, 0.2) is 6.10 Å². The van der Waals surface area contributed by atoms with Crippen molar-refractivity contribution in [3.63, 3.8) is 0 Å². The Balaban J connectivity index is 1.94. The number of hydrogen-bond acceptors (Lipinski definition) is 3. The number of phenolic OH excluding ortho intramolecular Hbond substituents is 1. The van der Waals surface area contributed by atoms with Gasteiger partial charge in [0.25, 0.3) is 0 Å². The zero-order chi connectivity index (χ0) is 16.5. The van der Waals surface area contributed by atoms with Crippen molar-refractivity contribution in [3.05, 3.63) is 28.8 Å². The van der Waals surface area contributed by atoms with Crippen LogP contribution in [0.5, 0.6) is 5.75 Å². The minimum Gasteiger partial charge on any atom is -0.508 e. The van der Waals surface area contributed by atoms with Crippen LogP contribution in [0.15, 0.2) is 12.1 Å². The molecule has 1 aromatic carbocycles. The van der Waals surface area contributed by atoms with Crippen molar-refractivity contribution < 1.29 is 23.4 Å². The number of nitrogens with zero attached hydrogens (tertiary/aromatic N) is 1. The predicted octanol–water partition coefficient (Wildman–Crippen LogP) is 3.14. The lowest BCUT2D eigenvalue weighted by molar-refractivity contribution is -0.223. The normalized spacial score (nSPS) is 19.4. The summed E-state index contributed by atoms with van der Waals surface area (Å²) >= 11 is 0. The van der Waals surface area contributed by atoms with Gasteiger partial charge in [-0.2, -0.15) is 13.2 Å². The highest BCUT2D eigenvalue weighted by Gasteiger charge is 2.44. The Labute approximate surface area is 128 Å². The van der Waals surface area contributed by atoms with E-state index in [1.165, 1.54) is 0 Å². The average Bonchev–Trinajstić information content (AvgIpc) is 2.44. The highest BCUT2D eigenvalue weighted by Crippen LogP contribution is 2.32. The van der Waals surface area contributed by atoms with E-state index in [1.54, 1.807) is 6.07 Å². The highest BCUT2D eigenvalue weighted by atomic mass is 19.4. The van der Waals surface area contributed by atoms with Crippen molar-refractivity contribution in [1.29, 1.82) is 0 Å². The molecule has 124 valence electrons. The summed E-state index contributed by atoms with van der Waals surface area (Å²) in [5.41, 5.74) is 2.88. The number of aliphatic hydroxyl groups is 1. The van der Waals surface area contributed by atoms with Gasteiger partial charge in [0.2, 0.25) is 0 Å². The SMILES string of the molecule is Cc1cc(O)c(CN2CCC(C(O)C(F)(F)F)CC2)cc1C. The lowest BCUT2D eigenvalue weighted by atomic mass is 9.90. The van der Waals surface area contributed by atoms with E-state index < -0.39 is 18.2 Å². The lowest BCUT2D eigenvalue weighted by Crippen LogP contribution is -2.43. The van der Waals surface area contributed by atoms with Crippen LogP contribution in [0.1, 0.15) is 29.5 Å². The first kappa shape index (κ1) is 17.1. The predicted molar refractivity (Wildman–Crippen MR) is 77.6 cm³/mol. The van der Waals surface area contributed by atoms with E-state index in [2.05, 4.69) is 0 Å². The van der Waals surface area contributed by atoms with Gasteiger partial charge in [-0.15, -0.1) is 0 Å². The zero-order valence-electron chi connectivity index (χ0n) is 12.8. The van der Waals surface area contributed by atoms with Crippen LogP contribution in [-0.4, -0.2) is 40.5 Å². The molecule has 2 N–H and O–H groups in total. The third-order valence-electron chi connectivity index (χ3n) is 4.50. The molecular weight excluding hydrogens is 295 g/mol. The van der Waals surface area contributed by atoms with E-state index in [1.807, 2.05) is 24.8 Å². The molecule has 1 saturated heterocycles. The van der Waals surface area contributed by atoms with Crippen LogP contribution in [0, 0.1) is 19.8 Å². The van der Waals surface area contributed by atoms with E-state index in [-0.39, 0.29) is 5.75 Å². The first-order valence-corrected chi connectivity index (χ1v) is 7.44. The van der Waals surface area contributed by atoms with Crippen LogP contribution in [-0.2, 0) is 6.54 Å². The molecule has 6 heteroatoms. The molecule has 1 unspecified atom stereocenters. The van der Waals surface area contributed by atoms with Crippen LogP contribution >= 0.6 is 0 Å². The molecule has 3 nitrogen and oxygen atoms in total. The monoisotopic (exact) mass is 317 g/mol. The summed E-state index contributed by atoms with van der Waals surface area (Å²) in [5, 5.41) is 19.3. The van der Waals surface area contributed by atoms with E-state index in [9.17, 15) is 23.4 Å². The molecule has 0 aliphatic carbocycles. The minimum atomic E-state index is -4.54. The molecule has 2 rings (SSSR count). The van der Waals surface area contributed by atoms with Gasteiger partial charge in [-0.05, 0) is 62.9 Å². The van der Waals surface area contributed by atoms with E-state index in [4.69, 9.17) is 0 Å². The maximum Gasteiger partial charge on any atom is 0.414 e. The summed E-state index contributed by atoms with van der Waals surface area (Å²) < 4.78 is 37.5. The van der Waals surface area contributed by atoms with Gasteiger partial charge in [0.1, 0.15) is 5.75 Å². The van der Waals surface area contributed by atoms with Crippen molar-refractivity contribution >= 4 is 0 Å². The number of aromatic hydroxyl groups is 1. The van der Waals surface area contributed by atoms with Crippen molar-refractivity contribution in [1.82, 2.24) is 4.90 Å². The second-order valence-corrected chi connectivity index (χ2v) is 6.17. The number of phenols is 1. The van der Waals surface area contributed by atoms with E-state index >= 15 is 0 Å². The Morgan fingerprint density at radius 3 is 2.27 bits per heavy atom. The third-order valence-corrected chi connectivity index (χ3v) is 4.50. The molecule has 1 aliphatic rings. The van der Waals surface area contributed by atoms with Crippen molar-refractivity contribution in [2.45, 2.75) is 45.5 Å². The lowest BCUT2D eigenvalue weighted by Gasteiger charge is -2.34. The molecule has 0 saturated carbocycles. The number of halogens is 3. The largest absolute Gasteiger partial charge is 0.508 e. The topological polar surface area (TPSA) is 43.7 Å². The van der Waals surface area contributed by atoms with Crippen LogP contribution < -0.4 is 0 Å². The Kier molecular flexibility index (Phi) is 5.02. The number of alkyl halides is 3. The number of benzene rings is 1. The van der Waals surface area contributed by atoms with Crippen molar-refractivity contribution in [2.75, 3.05) is 13.1 Å². The molecule has 0 bridgehead atoms. The molecule has 22 heavy (non-hydrogen) atoms. The molecule has 1 aromatic rings. The molecule has 1 fully saturated rings. The second-order valence-electron chi connectivity index (χ2n) is 6.17. The van der Waals surface area contributed by atoms with Gasteiger partial charge in [0, 0.05) is 12.1 Å². The van der Waals surface area contributed by atoms with Crippen LogP contribution in [0.3, 0.4) is 0 Å². The second kappa shape index (κ2) is 6.46. The summed E-state index contributed by atoms with van der Waals surface area (Å²) in [5.74, 6) is -0.509. The van der Waals surface area contributed by atoms with E-state index in [0.717, 1.165) is 16.7 Å². The molecule has 0 aromatic heterocycles. The first-order chi connectivity index (χ1) is 10.2. The zero-order valence-corrected chi connectivity index (χ0v) is 12.8. The third kappa shape index (κ3) is 3.93. The Hall–Kier alpha value is -1.27. The fraction of sp³-hybridized carbons (Fsp3) is 0.625. The standard InChI is InChI=1S/C16H22F3NO2/c1-10-7-13(14(21)8-11(10)2)9-20-5-3-12(4-6-20)15(22)16(17,18)19/h7-8,12,15,21-22H,3-6,9H2,1-2H3. The highest BCUT2D eigenvalue weighted by molar-refractivity contribution is 5.40. The molecule has 0 spiro atoms. The van der Waals surface area contributed by atoms with Gasteiger partial charge in [-0.1, -0.05) is 6.07 Å². The van der Waals surface area contributed by atoms with Crippen LogP contribution in [0.25, 0.3) is 0 Å². The van der Waals surface area contributed by atoms with Gasteiger partial charge < -0.3 is 10.2 Å². The molecule has 0 radical (unpaired) electrons. The summed E-state index contributed by atoms with van der Waals surface area (Å²) in [6.07, 6.45) is -6.15. The Morgan fingerprint density at radius 1 is 1.18 bits per heavy atom. The molecule has 0 amide bonds. The average molecular weight is 317 g/mol. The molecule has 1 aliphatic heterocycles. The van der Waals surface area contributed by atoms with E-state index in [0.29, 0.717) is 32.5 Å². The number of aryl methyl sites for hydroxylation is 2. The van der Waals surface area contributed by atoms with Gasteiger partial charge in [-0.3, -0.25) is 4.90 Å².